The molecule has 2 rings (SSSR count). The van der Waals surface area contributed by atoms with E-state index in [9.17, 15) is 9.90 Å². The fraction of sp³-hybridized carbons (Fsp3) is 0.250. The fourth-order valence-electron chi connectivity index (χ4n) is 2.22. The molecule has 1 amide bonds. The van der Waals surface area contributed by atoms with Crippen molar-refractivity contribution in [3.8, 4) is 17.2 Å². The van der Waals surface area contributed by atoms with Crippen LogP contribution >= 0.6 is 0 Å². The van der Waals surface area contributed by atoms with Crippen LogP contribution in [0.25, 0.3) is 0 Å². The quantitative estimate of drug-likeness (QED) is 0.867. The van der Waals surface area contributed by atoms with Crippen molar-refractivity contribution < 1.29 is 24.1 Å². The van der Waals surface area contributed by atoms with Crippen molar-refractivity contribution in [2.24, 2.45) is 0 Å². The highest BCUT2D eigenvalue weighted by Gasteiger charge is 2.13. The summed E-state index contributed by atoms with van der Waals surface area (Å²) in [5.41, 5.74) is 1.98. The zero-order valence-electron chi connectivity index (χ0n) is 13.1. The minimum atomic E-state index is -1.37. The number of anilines is 1. The Bertz CT molecular complexity index is 678. The second kappa shape index (κ2) is 7.35. The molecule has 0 aliphatic heterocycles. The zero-order valence-corrected chi connectivity index (χ0v) is 13.1. The van der Waals surface area contributed by atoms with Crippen molar-refractivity contribution in [1.82, 2.24) is 4.98 Å². The lowest BCUT2D eigenvalue weighted by Gasteiger charge is -2.14. The number of pyridine rings is 1. The van der Waals surface area contributed by atoms with Crippen LogP contribution in [-0.4, -0.2) is 32.4 Å². The number of aromatic nitrogens is 1. The van der Waals surface area contributed by atoms with Gasteiger partial charge in [-0.05, 0) is 29.8 Å². The Morgan fingerprint density at radius 3 is 2.30 bits per heavy atom. The first-order valence-electron chi connectivity index (χ1n) is 6.79. The molecule has 7 nitrogen and oxygen atoms in total. The van der Waals surface area contributed by atoms with Gasteiger partial charge < -0.3 is 29.4 Å². The molecule has 122 valence electrons. The van der Waals surface area contributed by atoms with Gasteiger partial charge in [0.2, 0.25) is 5.75 Å². The van der Waals surface area contributed by atoms with Gasteiger partial charge in [-0.2, -0.15) is 0 Å². The van der Waals surface area contributed by atoms with Crippen molar-refractivity contribution in [3.63, 3.8) is 0 Å². The van der Waals surface area contributed by atoms with Gasteiger partial charge in [0.15, 0.2) is 11.5 Å². The van der Waals surface area contributed by atoms with Crippen molar-refractivity contribution >= 4 is 11.8 Å². The highest BCUT2D eigenvalue weighted by atomic mass is 16.5. The number of benzene rings is 1. The lowest BCUT2D eigenvalue weighted by Crippen LogP contribution is -2.28. The second-order valence-corrected chi connectivity index (χ2v) is 4.66. The summed E-state index contributed by atoms with van der Waals surface area (Å²) >= 11 is 0. The van der Waals surface area contributed by atoms with E-state index in [4.69, 9.17) is 14.2 Å². The number of carbonyl (C=O) groups is 1. The van der Waals surface area contributed by atoms with E-state index in [2.05, 4.69) is 10.3 Å². The van der Waals surface area contributed by atoms with Crippen LogP contribution in [0.15, 0.2) is 30.5 Å². The molecule has 1 aromatic heterocycles. The lowest BCUT2D eigenvalue weighted by atomic mass is 10.1. The Balaban J connectivity index is 2.31. The summed E-state index contributed by atoms with van der Waals surface area (Å²) in [5, 5.41) is 12.8. The van der Waals surface area contributed by atoms with Crippen LogP contribution in [0.1, 0.15) is 11.3 Å². The lowest BCUT2D eigenvalue weighted by molar-refractivity contribution is -0.242. The maximum Gasteiger partial charge on any atom is 0.203 e. The van der Waals surface area contributed by atoms with Crippen LogP contribution in [0.3, 0.4) is 0 Å². The number of methoxy groups -OCH3 is 3. The zero-order chi connectivity index (χ0) is 16.8. The van der Waals surface area contributed by atoms with Gasteiger partial charge in [0, 0.05) is 24.0 Å². The number of hydrogen-bond donors (Lipinski definition) is 1. The second-order valence-electron chi connectivity index (χ2n) is 4.66. The molecule has 0 spiro atoms. The van der Waals surface area contributed by atoms with Crippen LogP contribution < -0.4 is 24.6 Å². The molecule has 1 aromatic carbocycles. The van der Waals surface area contributed by atoms with Crippen molar-refractivity contribution in [2.75, 3.05) is 26.6 Å². The summed E-state index contributed by atoms with van der Waals surface area (Å²) in [7, 11) is 4.63. The largest absolute Gasteiger partial charge is 0.530 e. The smallest absolute Gasteiger partial charge is 0.203 e. The minimum absolute atomic E-state index is 0.405. The topological polar surface area (TPSA) is 92.7 Å². The van der Waals surface area contributed by atoms with Gasteiger partial charge >= 0.3 is 0 Å². The first kappa shape index (κ1) is 16.4. The predicted octanol–water partition coefficient (Wildman–Crippen LogP) is 1.45. The van der Waals surface area contributed by atoms with E-state index in [1.54, 1.807) is 26.4 Å². The number of rotatable bonds is 6. The molecular weight excluding hydrogens is 300 g/mol. The molecule has 0 radical (unpaired) electrons. The van der Waals surface area contributed by atoms with Crippen LogP contribution in [0.2, 0.25) is 0 Å². The van der Waals surface area contributed by atoms with Gasteiger partial charge in [0.05, 0.1) is 21.3 Å². The molecular formula is C16H17N2O5-. The van der Waals surface area contributed by atoms with Gasteiger partial charge in [-0.25, -0.2) is 0 Å². The number of carboxylic acid groups (broad SMARTS) is 1. The maximum absolute atomic E-state index is 10.6. The van der Waals surface area contributed by atoms with Crippen molar-refractivity contribution in [1.29, 1.82) is 0 Å². The molecule has 0 bridgehead atoms. The number of nitrogens with one attached hydrogen (secondary N) is 1. The van der Waals surface area contributed by atoms with Crippen LogP contribution in [0.4, 0.5) is 10.5 Å². The van der Waals surface area contributed by atoms with E-state index in [1.807, 2.05) is 12.1 Å². The van der Waals surface area contributed by atoms with Crippen LogP contribution in [0, 0.1) is 0 Å². The van der Waals surface area contributed by atoms with E-state index in [1.165, 1.54) is 13.3 Å². The van der Waals surface area contributed by atoms with Gasteiger partial charge in [-0.1, -0.05) is 0 Å². The molecule has 0 aliphatic carbocycles. The fourth-order valence-corrected chi connectivity index (χ4v) is 2.22. The Morgan fingerprint density at radius 2 is 1.78 bits per heavy atom. The number of hydrogen-bond acceptors (Lipinski definition) is 6. The van der Waals surface area contributed by atoms with Crippen LogP contribution in [-0.2, 0) is 6.42 Å². The summed E-state index contributed by atoms with van der Waals surface area (Å²) in [6.45, 7) is 0. The number of nitrogens with zero attached hydrogens (tertiary/aromatic N) is 1. The Labute approximate surface area is 133 Å². The molecule has 1 heterocycles. The molecule has 2 aromatic rings. The first-order valence-corrected chi connectivity index (χ1v) is 6.79. The average Bonchev–Trinajstić information content (AvgIpc) is 2.53. The average molecular weight is 317 g/mol. The van der Waals surface area contributed by atoms with E-state index in [0.717, 1.165) is 5.56 Å². The molecule has 1 N–H and O–H groups in total. The van der Waals surface area contributed by atoms with Crippen molar-refractivity contribution in [3.05, 3.63) is 41.7 Å². The van der Waals surface area contributed by atoms with Gasteiger partial charge in [-0.3, -0.25) is 4.98 Å². The summed E-state index contributed by atoms with van der Waals surface area (Å²) in [4.78, 5) is 14.8. The van der Waals surface area contributed by atoms with E-state index < -0.39 is 6.09 Å². The van der Waals surface area contributed by atoms with Gasteiger partial charge in [0.1, 0.15) is 6.09 Å². The maximum atomic E-state index is 10.6. The third-order valence-electron chi connectivity index (χ3n) is 3.17. The van der Waals surface area contributed by atoms with E-state index in [0.29, 0.717) is 35.1 Å². The molecule has 0 aliphatic rings. The SMILES string of the molecule is COc1cc(Cc2cc(NC(=O)[O-])ccn2)cc(OC)c1OC. The number of amides is 1. The van der Waals surface area contributed by atoms with Gasteiger partial charge in [-0.15, -0.1) is 0 Å². The molecule has 7 heteroatoms. The Morgan fingerprint density at radius 1 is 1.13 bits per heavy atom. The summed E-state index contributed by atoms with van der Waals surface area (Å²) in [6.07, 6.45) is 0.632. The standard InChI is InChI=1S/C16H18N2O5/c1-21-13-7-10(8-14(22-2)15(13)23-3)6-12-9-11(4-5-17-12)18-16(19)20/h4-5,7-9H,6H2,1-3H3,(H,17,18)(H,19,20)/p-1. The Hall–Kier alpha value is -2.96. The monoisotopic (exact) mass is 317 g/mol. The third kappa shape index (κ3) is 4.03. The van der Waals surface area contributed by atoms with E-state index in [-0.39, 0.29) is 0 Å². The first-order chi connectivity index (χ1) is 11.1. The normalized spacial score (nSPS) is 10.0. The summed E-state index contributed by atoms with van der Waals surface area (Å²) in [5.74, 6) is 1.61. The summed E-state index contributed by atoms with van der Waals surface area (Å²) < 4.78 is 15.9. The minimum Gasteiger partial charge on any atom is -0.530 e. The molecule has 0 atom stereocenters. The van der Waals surface area contributed by atoms with Gasteiger partial charge in [0.25, 0.3) is 0 Å². The highest BCUT2D eigenvalue weighted by Crippen LogP contribution is 2.38. The molecule has 0 fully saturated rings. The highest BCUT2D eigenvalue weighted by molar-refractivity contribution is 5.80. The third-order valence-corrected chi connectivity index (χ3v) is 3.17. The predicted molar refractivity (Wildman–Crippen MR) is 82.2 cm³/mol. The number of ether oxygens (including phenoxy) is 3. The Kier molecular flexibility index (Phi) is 5.24. The number of carbonyl (C=O) groups excluding carboxylic acids is 1. The van der Waals surface area contributed by atoms with Crippen molar-refractivity contribution in [2.45, 2.75) is 6.42 Å². The summed E-state index contributed by atoms with van der Waals surface area (Å²) in [6, 6.07) is 6.83. The molecule has 0 saturated carbocycles. The van der Waals surface area contributed by atoms with Crippen LogP contribution in [0.5, 0.6) is 17.2 Å². The molecule has 0 saturated heterocycles. The molecule has 0 unspecified atom stereocenters. The van der Waals surface area contributed by atoms with E-state index >= 15 is 0 Å². The molecule has 23 heavy (non-hydrogen) atoms.